The highest BCUT2D eigenvalue weighted by Crippen LogP contribution is 2.28. The molecule has 0 saturated carbocycles. The number of sulfonamides is 1. The summed E-state index contributed by atoms with van der Waals surface area (Å²) in [5.74, 6) is -0.0658. The van der Waals surface area contributed by atoms with Crippen LogP contribution in [0.25, 0.3) is 21.0 Å². The molecule has 1 aliphatic heterocycles. The lowest BCUT2D eigenvalue weighted by Crippen LogP contribution is -2.39. The number of hydrogen-bond acceptors (Lipinski definition) is 5. The molecular weight excluding hydrogens is 494 g/mol. The largest absolute Gasteiger partial charge is 0.383 e. The molecule has 5 rings (SSSR count). The maximum absolute atomic E-state index is 13.1. The zero-order valence-electron chi connectivity index (χ0n) is 20.4. The van der Waals surface area contributed by atoms with Gasteiger partial charge in [0, 0.05) is 37.7 Å². The van der Waals surface area contributed by atoms with Crippen LogP contribution in [0.4, 0.5) is 0 Å². The molecule has 1 atom stereocenters. The Hall–Kier alpha value is -2.85. The molecule has 7 nitrogen and oxygen atoms in total. The van der Waals surface area contributed by atoms with Crippen LogP contribution >= 0.6 is 11.3 Å². The highest BCUT2D eigenvalue weighted by molar-refractivity contribution is 7.89. The number of ether oxygens (including phenoxy) is 1. The number of methoxy groups -OCH3 is 1. The van der Waals surface area contributed by atoms with Crippen molar-refractivity contribution < 1.29 is 17.9 Å². The minimum atomic E-state index is -3.58. The van der Waals surface area contributed by atoms with Gasteiger partial charge in [-0.1, -0.05) is 48.6 Å². The summed E-state index contributed by atoms with van der Waals surface area (Å²) in [4.78, 5) is 18.4. The first-order valence-corrected chi connectivity index (χ1v) is 14.3. The van der Waals surface area contributed by atoms with Gasteiger partial charge in [-0.05, 0) is 54.5 Å². The van der Waals surface area contributed by atoms with E-state index in [1.54, 1.807) is 23.5 Å². The molecule has 1 saturated heterocycles. The number of benzene rings is 3. The summed E-state index contributed by atoms with van der Waals surface area (Å²) in [5, 5.41) is 2.24. The van der Waals surface area contributed by atoms with E-state index in [-0.39, 0.29) is 4.90 Å². The minimum absolute atomic E-state index is 0.205. The van der Waals surface area contributed by atoms with Crippen LogP contribution in [0.2, 0.25) is 0 Å². The molecule has 0 spiro atoms. The Labute approximate surface area is 214 Å². The summed E-state index contributed by atoms with van der Waals surface area (Å²) in [6.45, 7) is 4.18. The average molecular weight is 524 g/mol. The van der Waals surface area contributed by atoms with Gasteiger partial charge < -0.3 is 9.30 Å². The fraction of sp³-hybridized carbons (Fsp3) is 0.333. The summed E-state index contributed by atoms with van der Waals surface area (Å²) < 4.78 is 36.0. The number of rotatable bonds is 6. The van der Waals surface area contributed by atoms with Gasteiger partial charge in [-0.15, -0.1) is 0 Å². The fourth-order valence-electron chi connectivity index (χ4n) is 4.72. The van der Waals surface area contributed by atoms with E-state index in [0.717, 1.165) is 33.8 Å². The Kier molecular flexibility index (Phi) is 7.07. The third-order valence-electron chi connectivity index (χ3n) is 6.65. The second-order valence-electron chi connectivity index (χ2n) is 9.22. The Morgan fingerprint density at radius 1 is 1.11 bits per heavy atom. The Bertz CT molecular complexity index is 1590. The molecule has 3 aromatic carbocycles. The van der Waals surface area contributed by atoms with Gasteiger partial charge in [-0.25, -0.2) is 8.42 Å². The molecule has 1 fully saturated rings. The summed E-state index contributed by atoms with van der Waals surface area (Å²) in [6.07, 6.45) is 1.91. The van der Waals surface area contributed by atoms with Gasteiger partial charge in [0.05, 0.1) is 21.7 Å². The molecule has 188 valence electrons. The van der Waals surface area contributed by atoms with E-state index < -0.39 is 15.9 Å². The Morgan fingerprint density at radius 3 is 2.64 bits per heavy atom. The average Bonchev–Trinajstić information content (AvgIpc) is 3.24. The smallest absolute Gasteiger partial charge is 0.279 e. The van der Waals surface area contributed by atoms with Crippen LogP contribution in [-0.2, 0) is 21.3 Å². The number of nitrogens with zero attached hydrogens (tertiary/aromatic N) is 3. The van der Waals surface area contributed by atoms with Gasteiger partial charge in [0.2, 0.25) is 10.0 Å². The van der Waals surface area contributed by atoms with Crippen LogP contribution in [0.1, 0.15) is 30.1 Å². The molecule has 36 heavy (non-hydrogen) atoms. The number of aromatic nitrogens is 1. The highest BCUT2D eigenvalue weighted by atomic mass is 32.2. The molecule has 0 radical (unpaired) electrons. The zero-order chi connectivity index (χ0) is 25.3. The first-order chi connectivity index (χ1) is 17.4. The van der Waals surface area contributed by atoms with Crippen molar-refractivity contribution in [3.8, 4) is 0 Å². The van der Waals surface area contributed by atoms with Crippen LogP contribution in [0.5, 0.6) is 0 Å². The lowest BCUT2D eigenvalue weighted by atomic mass is 10.0. The number of piperidine rings is 1. The second-order valence-corrected chi connectivity index (χ2v) is 12.1. The van der Waals surface area contributed by atoms with Gasteiger partial charge in [0.1, 0.15) is 0 Å². The molecule has 1 amide bonds. The van der Waals surface area contributed by atoms with Crippen LogP contribution in [0.3, 0.4) is 0 Å². The standard InChI is InChI=1S/C27H29N3O4S2/c1-19-6-5-15-29(18-19)36(32,33)22-12-9-21(10-13-22)26(31)28-27-30(16-17-34-2)24-14-11-20-7-3-4-8-23(20)25(24)35-27/h3-4,7-14,19H,5-6,15-18H2,1-2H3. The summed E-state index contributed by atoms with van der Waals surface area (Å²) in [5.41, 5.74) is 1.35. The predicted molar refractivity (Wildman–Crippen MR) is 143 cm³/mol. The van der Waals surface area contributed by atoms with Gasteiger partial charge in [0.25, 0.3) is 5.91 Å². The van der Waals surface area contributed by atoms with Crippen molar-refractivity contribution in [1.29, 1.82) is 0 Å². The van der Waals surface area contributed by atoms with Crippen molar-refractivity contribution in [3.63, 3.8) is 0 Å². The van der Waals surface area contributed by atoms with Gasteiger partial charge >= 0.3 is 0 Å². The maximum atomic E-state index is 13.1. The molecule has 1 aromatic heterocycles. The van der Waals surface area contributed by atoms with Gasteiger partial charge in [-0.2, -0.15) is 9.30 Å². The third-order valence-corrected chi connectivity index (χ3v) is 9.66. The van der Waals surface area contributed by atoms with Crippen molar-refractivity contribution in [2.24, 2.45) is 10.9 Å². The van der Waals surface area contributed by atoms with Crippen LogP contribution in [0, 0.1) is 5.92 Å². The summed E-state index contributed by atoms with van der Waals surface area (Å²) in [6, 6.07) is 18.4. The van der Waals surface area contributed by atoms with Crippen molar-refractivity contribution >= 4 is 48.3 Å². The van der Waals surface area contributed by atoms with Gasteiger partial charge in [0.15, 0.2) is 4.80 Å². The summed E-state index contributed by atoms with van der Waals surface area (Å²) >= 11 is 1.47. The van der Waals surface area contributed by atoms with E-state index in [4.69, 9.17) is 4.74 Å². The molecular formula is C27H29N3O4S2. The Balaban J connectivity index is 1.49. The van der Waals surface area contributed by atoms with Gasteiger partial charge in [-0.3, -0.25) is 4.79 Å². The molecule has 0 bridgehead atoms. The van der Waals surface area contributed by atoms with Crippen LogP contribution < -0.4 is 4.80 Å². The highest BCUT2D eigenvalue weighted by Gasteiger charge is 2.28. The fourth-order valence-corrected chi connectivity index (χ4v) is 7.51. The minimum Gasteiger partial charge on any atom is -0.383 e. The summed E-state index contributed by atoms with van der Waals surface area (Å²) in [7, 11) is -1.93. The SMILES string of the molecule is COCCn1c(=NC(=O)c2ccc(S(=O)(=O)N3CCCC(C)C3)cc2)sc2c3ccccc3ccc21. The lowest BCUT2D eigenvalue weighted by Gasteiger charge is -2.30. The molecule has 1 unspecified atom stereocenters. The lowest BCUT2D eigenvalue weighted by molar-refractivity contribution is 0.0997. The van der Waals surface area contributed by atoms with E-state index >= 15 is 0 Å². The first-order valence-electron chi connectivity index (χ1n) is 12.1. The van der Waals surface area contributed by atoms with E-state index in [1.807, 2.05) is 16.7 Å². The van der Waals surface area contributed by atoms with E-state index in [0.29, 0.717) is 42.5 Å². The quantitative estimate of drug-likeness (QED) is 0.368. The Morgan fingerprint density at radius 2 is 1.89 bits per heavy atom. The third kappa shape index (κ3) is 4.76. The van der Waals surface area contributed by atoms with Crippen molar-refractivity contribution in [1.82, 2.24) is 8.87 Å². The monoisotopic (exact) mass is 523 g/mol. The maximum Gasteiger partial charge on any atom is 0.279 e. The molecule has 1 aliphatic rings. The normalized spacial score (nSPS) is 17.7. The zero-order valence-corrected chi connectivity index (χ0v) is 22.0. The first kappa shape index (κ1) is 24.8. The van der Waals surface area contributed by atoms with Crippen LogP contribution in [-0.4, -0.2) is 50.0 Å². The molecule has 9 heteroatoms. The number of amides is 1. The number of carbonyl (C=O) groups is 1. The number of fused-ring (bicyclic) bond motifs is 3. The van der Waals surface area contributed by atoms with E-state index in [2.05, 4.69) is 36.2 Å². The second kappa shape index (κ2) is 10.3. The van der Waals surface area contributed by atoms with Crippen molar-refractivity contribution in [2.45, 2.75) is 31.2 Å². The van der Waals surface area contributed by atoms with Crippen molar-refractivity contribution in [2.75, 3.05) is 26.8 Å². The molecule has 4 aromatic rings. The molecule has 0 aliphatic carbocycles. The van der Waals surface area contributed by atoms with E-state index in [1.165, 1.54) is 23.5 Å². The number of carbonyl (C=O) groups excluding carboxylic acids is 1. The molecule has 2 heterocycles. The van der Waals surface area contributed by atoms with E-state index in [9.17, 15) is 13.2 Å². The topological polar surface area (TPSA) is 81.0 Å². The molecule has 0 N–H and O–H groups in total. The van der Waals surface area contributed by atoms with Crippen molar-refractivity contribution in [3.05, 3.63) is 71.0 Å². The van der Waals surface area contributed by atoms with Crippen LogP contribution in [0.15, 0.2) is 70.6 Å². The number of hydrogen-bond donors (Lipinski definition) is 0. The predicted octanol–water partition coefficient (Wildman–Crippen LogP) is 4.66. The number of thiazole rings is 1.